The Balaban J connectivity index is 2.07. The third-order valence-electron chi connectivity index (χ3n) is 3.21. The Hall–Kier alpha value is -1.54. The zero-order valence-electron chi connectivity index (χ0n) is 11.5. The summed E-state index contributed by atoms with van der Waals surface area (Å²) < 4.78 is 0. The predicted molar refractivity (Wildman–Crippen MR) is 81.8 cm³/mol. The number of aromatic nitrogens is 1. The van der Waals surface area contributed by atoms with Crippen LogP contribution < -0.4 is 5.32 Å². The van der Waals surface area contributed by atoms with E-state index in [9.17, 15) is 0 Å². The minimum Gasteiger partial charge on any atom is -0.377 e. The number of hydrogen-bond donors (Lipinski definition) is 1. The van der Waals surface area contributed by atoms with Crippen molar-refractivity contribution < 1.29 is 0 Å². The van der Waals surface area contributed by atoms with Crippen LogP contribution in [0.1, 0.15) is 43.9 Å². The molecule has 1 aromatic heterocycles. The fraction of sp³-hybridized carbons (Fsp3) is 0.312. The molecular formula is C16H19ClN2. The van der Waals surface area contributed by atoms with Gasteiger partial charge in [0.2, 0.25) is 0 Å². The summed E-state index contributed by atoms with van der Waals surface area (Å²) in [6.45, 7) is 6.55. The van der Waals surface area contributed by atoms with Gasteiger partial charge in [-0.15, -0.1) is 0 Å². The maximum absolute atomic E-state index is 5.77. The monoisotopic (exact) mass is 274 g/mol. The van der Waals surface area contributed by atoms with Crippen molar-refractivity contribution in [3.63, 3.8) is 0 Å². The summed E-state index contributed by atoms with van der Waals surface area (Å²) in [6.07, 6.45) is 1.75. The van der Waals surface area contributed by atoms with Gasteiger partial charge < -0.3 is 5.32 Å². The molecular weight excluding hydrogens is 256 g/mol. The van der Waals surface area contributed by atoms with Crippen molar-refractivity contribution in [2.75, 3.05) is 5.32 Å². The number of pyridine rings is 1. The largest absolute Gasteiger partial charge is 0.377 e. The molecule has 0 bridgehead atoms. The van der Waals surface area contributed by atoms with E-state index in [0.717, 1.165) is 5.69 Å². The maximum Gasteiger partial charge on any atom is 0.129 e. The summed E-state index contributed by atoms with van der Waals surface area (Å²) >= 11 is 5.77. The van der Waals surface area contributed by atoms with Crippen molar-refractivity contribution in [1.82, 2.24) is 4.98 Å². The Morgan fingerprint density at radius 1 is 0.947 bits per heavy atom. The van der Waals surface area contributed by atoms with Crippen molar-refractivity contribution >= 4 is 17.3 Å². The molecule has 1 heterocycles. The molecule has 0 radical (unpaired) electrons. The first-order valence-electron chi connectivity index (χ1n) is 6.54. The summed E-state index contributed by atoms with van der Waals surface area (Å²) in [5, 5.41) is 3.93. The molecule has 100 valence electrons. The van der Waals surface area contributed by atoms with Gasteiger partial charge in [-0.25, -0.2) is 4.98 Å². The van der Waals surface area contributed by atoms with E-state index >= 15 is 0 Å². The number of benzene rings is 1. The predicted octanol–water partition coefficient (Wildman–Crippen LogP) is 5.03. The van der Waals surface area contributed by atoms with Crippen LogP contribution in [-0.4, -0.2) is 4.98 Å². The molecule has 1 aromatic carbocycles. The van der Waals surface area contributed by atoms with Crippen LogP contribution >= 0.6 is 11.6 Å². The molecule has 0 fully saturated rings. The molecule has 1 atom stereocenters. The van der Waals surface area contributed by atoms with E-state index in [-0.39, 0.29) is 6.04 Å². The van der Waals surface area contributed by atoms with Gasteiger partial charge in [-0.3, -0.25) is 0 Å². The minimum absolute atomic E-state index is 0.240. The van der Waals surface area contributed by atoms with Crippen LogP contribution in [0, 0.1) is 0 Å². The van der Waals surface area contributed by atoms with Crippen LogP contribution in [0.5, 0.6) is 0 Å². The highest BCUT2D eigenvalue weighted by molar-refractivity contribution is 6.29. The molecule has 1 N–H and O–H groups in total. The van der Waals surface area contributed by atoms with Crippen molar-refractivity contribution in [2.24, 2.45) is 0 Å². The van der Waals surface area contributed by atoms with Crippen molar-refractivity contribution in [3.05, 3.63) is 58.9 Å². The Morgan fingerprint density at radius 2 is 1.58 bits per heavy atom. The van der Waals surface area contributed by atoms with Gasteiger partial charge in [0, 0.05) is 6.04 Å². The van der Waals surface area contributed by atoms with Crippen LogP contribution in [-0.2, 0) is 0 Å². The molecule has 0 saturated carbocycles. The maximum atomic E-state index is 5.77. The van der Waals surface area contributed by atoms with E-state index in [4.69, 9.17) is 11.6 Å². The Labute approximate surface area is 119 Å². The molecule has 0 saturated heterocycles. The van der Waals surface area contributed by atoms with Gasteiger partial charge in [0.25, 0.3) is 0 Å². The molecule has 19 heavy (non-hydrogen) atoms. The first kappa shape index (κ1) is 13.9. The molecule has 0 aliphatic carbocycles. The second-order valence-corrected chi connectivity index (χ2v) is 5.44. The summed E-state index contributed by atoms with van der Waals surface area (Å²) in [5.74, 6) is 0.567. The normalized spacial score (nSPS) is 12.5. The number of halogens is 1. The third kappa shape index (κ3) is 3.71. The molecule has 2 rings (SSSR count). The van der Waals surface area contributed by atoms with E-state index in [2.05, 4.69) is 55.3 Å². The van der Waals surface area contributed by atoms with Gasteiger partial charge in [-0.1, -0.05) is 49.7 Å². The SMILES string of the molecule is CC(C)c1ccc(C(C)Nc2ccc(Cl)nc2)cc1. The third-order valence-corrected chi connectivity index (χ3v) is 3.44. The van der Waals surface area contributed by atoms with Crippen molar-refractivity contribution in [2.45, 2.75) is 32.7 Å². The van der Waals surface area contributed by atoms with Gasteiger partial charge in [0.1, 0.15) is 5.15 Å². The van der Waals surface area contributed by atoms with E-state index in [1.165, 1.54) is 11.1 Å². The van der Waals surface area contributed by atoms with E-state index in [1.807, 2.05) is 6.07 Å². The Morgan fingerprint density at radius 3 is 2.11 bits per heavy atom. The van der Waals surface area contributed by atoms with Crippen LogP contribution in [0.2, 0.25) is 5.15 Å². The first-order chi connectivity index (χ1) is 9.06. The summed E-state index contributed by atoms with van der Waals surface area (Å²) in [4.78, 5) is 4.07. The lowest BCUT2D eigenvalue weighted by Crippen LogP contribution is -2.06. The van der Waals surface area contributed by atoms with Gasteiger partial charge >= 0.3 is 0 Å². The van der Waals surface area contributed by atoms with Gasteiger partial charge in [0.15, 0.2) is 0 Å². The molecule has 0 aliphatic rings. The van der Waals surface area contributed by atoms with Crippen LogP contribution in [0.25, 0.3) is 0 Å². The summed E-state index contributed by atoms with van der Waals surface area (Å²) in [7, 11) is 0. The molecule has 1 unspecified atom stereocenters. The second-order valence-electron chi connectivity index (χ2n) is 5.06. The highest BCUT2D eigenvalue weighted by atomic mass is 35.5. The van der Waals surface area contributed by atoms with E-state index in [0.29, 0.717) is 11.1 Å². The smallest absolute Gasteiger partial charge is 0.129 e. The van der Waals surface area contributed by atoms with E-state index < -0.39 is 0 Å². The number of anilines is 1. The lowest BCUT2D eigenvalue weighted by molar-refractivity contribution is 0.851. The topological polar surface area (TPSA) is 24.9 Å². The molecule has 0 amide bonds. The van der Waals surface area contributed by atoms with Crippen molar-refractivity contribution in [1.29, 1.82) is 0 Å². The van der Waals surface area contributed by atoms with Crippen LogP contribution in [0.4, 0.5) is 5.69 Å². The average Bonchev–Trinajstić information content (AvgIpc) is 2.41. The van der Waals surface area contributed by atoms with Gasteiger partial charge in [0.05, 0.1) is 11.9 Å². The molecule has 0 spiro atoms. The lowest BCUT2D eigenvalue weighted by Gasteiger charge is -2.16. The summed E-state index contributed by atoms with van der Waals surface area (Å²) in [5.41, 5.74) is 3.60. The zero-order valence-corrected chi connectivity index (χ0v) is 12.3. The first-order valence-corrected chi connectivity index (χ1v) is 6.92. The van der Waals surface area contributed by atoms with Gasteiger partial charge in [-0.2, -0.15) is 0 Å². The van der Waals surface area contributed by atoms with E-state index in [1.54, 1.807) is 12.3 Å². The molecule has 0 aliphatic heterocycles. The number of hydrogen-bond acceptors (Lipinski definition) is 2. The molecule has 3 heteroatoms. The standard InChI is InChI=1S/C16H19ClN2/c1-11(2)13-4-6-14(7-5-13)12(3)19-15-8-9-16(17)18-10-15/h4-12,19H,1-3H3. The average molecular weight is 275 g/mol. The quantitative estimate of drug-likeness (QED) is 0.791. The highest BCUT2D eigenvalue weighted by Gasteiger charge is 2.06. The minimum atomic E-state index is 0.240. The van der Waals surface area contributed by atoms with Gasteiger partial charge in [-0.05, 0) is 36.1 Å². The second kappa shape index (κ2) is 6.07. The Bertz CT molecular complexity index is 517. The number of rotatable bonds is 4. The molecule has 2 nitrogen and oxygen atoms in total. The number of nitrogens with one attached hydrogen (secondary N) is 1. The fourth-order valence-corrected chi connectivity index (χ4v) is 2.08. The van der Waals surface area contributed by atoms with Crippen LogP contribution in [0.3, 0.4) is 0 Å². The number of nitrogens with zero attached hydrogens (tertiary/aromatic N) is 1. The van der Waals surface area contributed by atoms with Crippen LogP contribution in [0.15, 0.2) is 42.6 Å². The zero-order chi connectivity index (χ0) is 13.8. The fourth-order valence-electron chi connectivity index (χ4n) is 1.96. The summed E-state index contributed by atoms with van der Waals surface area (Å²) in [6, 6.07) is 12.7. The van der Waals surface area contributed by atoms with Crippen molar-refractivity contribution in [3.8, 4) is 0 Å². The lowest BCUT2D eigenvalue weighted by atomic mass is 9.99. The molecule has 2 aromatic rings. The Kier molecular flexibility index (Phi) is 4.43. The highest BCUT2D eigenvalue weighted by Crippen LogP contribution is 2.22.